The molecule has 2 saturated heterocycles. The predicted molar refractivity (Wildman–Crippen MR) is 46.4 cm³/mol. The summed E-state index contributed by atoms with van der Waals surface area (Å²) in [5.74, 6) is -1.47. The van der Waals surface area contributed by atoms with Crippen molar-refractivity contribution in [3.05, 3.63) is 0 Å². The first-order chi connectivity index (χ1) is 6.79. The van der Waals surface area contributed by atoms with Gasteiger partial charge in [0.1, 0.15) is 0 Å². The maximum Gasteiger partial charge on any atom is 0.282 e. The highest BCUT2D eigenvalue weighted by Crippen LogP contribution is 2.25. The summed E-state index contributed by atoms with van der Waals surface area (Å²) in [5, 5.41) is 9.84. The fourth-order valence-electron chi connectivity index (χ4n) is 1.59. The van der Waals surface area contributed by atoms with Crippen molar-refractivity contribution in [3.8, 4) is 0 Å². The average Bonchev–Trinajstić information content (AvgIpc) is 2.19. The van der Waals surface area contributed by atoms with Crippen molar-refractivity contribution >= 4 is 0 Å². The molecule has 0 spiro atoms. The molecule has 2 heterocycles. The number of hydrogen-bond acceptors (Lipinski definition) is 5. The van der Waals surface area contributed by atoms with E-state index in [0.717, 1.165) is 12.8 Å². The van der Waals surface area contributed by atoms with Crippen LogP contribution in [0, 0.1) is 0 Å². The lowest BCUT2D eigenvalue weighted by molar-refractivity contribution is -0.422. The molecule has 0 aliphatic carbocycles. The van der Waals surface area contributed by atoms with Gasteiger partial charge in [-0.2, -0.15) is 0 Å². The summed E-state index contributed by atoms with van der Waals surface area (Å²) >= 11 is 0. The van der Waals surface area contributed by atoms with Gasteiger partial charge in [0.2, 0.25) is 0 Å². The van der Waals surface area contributed by atoms with Crippen LogP contribution >= 0.6 is 0 Å². The van der Waals surface area contributed by atoms with Crippen LogP contribution in [0.25, 0.3) is 0 Å². The van der Waals surface area contributed by atoms with E-state index in [9.17, 15) is 5.11 Å². The Hall–Kier alpha value is -0.200. The zero-order valence-corrected chi connectivity index (χ0v) is 8.11. The molecule has 0 amide bonds. The van der Waals surface area contributed by atoms with Crippen LogP contribution in [0.1, 0.15) is 19.3 Å². The Bertz CT molecular complexity index is 172. The van der Waals surface area contributed by atoms with Gasteiger partial charge in [-0.15, -0.1) is 0 Å². The monoisotopic (exact) mass is 204 g/mol. The molecule has 2 fully saturated rings. The lowest BCUT2D eigenvalue weighted by Gasteiger charge is -2.35. The van der Waals surface area contributed by atoms with Crippen LogP contribution < -0.4 is 0 Å². The zero-order valence-electron chi connectivity index (χ0n) is 8.11. The van der Waals surface area contributed by atoms with E-state index in [2.05, 4.69) is 0 Å². The van der Waals surface area contributed by atoms with Gasteiger partial charge in [-0.3, -0.25) is 4.74 Å². The zero-order chi connectivity index (χ0) is 9.86. The minimum atomic E-state index is -1.47. The summed E-state index contributed by atoms with van der Waals surface area (Å²) in [6.07, 6.45) is 1.86. The van der Waals surface area contributed by atoms with Gasteiger partial charge in [0.25, 0.3) is 5.97 Å². The van der Waals surface area contributed by atoms with Gasteiger partial charge >= 0.3 is 0 Å². The Morgan fingerprint density at radius 1 is 1.21 bits per heavy atom. The van der Waals surface area contributed by atoms with Crippen LogP contribution in [0.15, 0.2) is 0 Å². The maximum absolute atomic E-state index is 9.84. The Balaban J connectivity index is 1.81. The molecule has 0 aromatic carbocycles. The molecular weight excluding hydrogens is 188 g/mol. The van der Waals surface area contributed by atoms with Gasteiger partial charge in [-0.25, -0.2) is 0 Å². The molecule has 0 aromatic rings. The molecule has 2 aliphatic rings. The van der Waals surface area contributed by atoms with Crippen molar-refractivity contribution < 1.29 is 24.1 Å². The summed E-state index contributed by atoms with van der Waals surface area (Å²) in [7, 11) is 0. The maximum atomic E-state index is 9.84. The lowest BCUT2D eigenvalue weighted by atomic mass is 10.2. The van der Waals surface area contributed by atoms with Gasteiger partial charge in [0.15, 0.2) is 6.29 Å². The Morgan fingerprint density at radius 2 is 2.14 bits per heavy atom. The van der Waals surface area contributed by atoms with E-state index >= 15 is 0 Å². The molecule has 0 aromatic heterocycles. The average molecular weight is 204 g/mol. The highest BCUT2D eigenvalue weighted by atomic mass is 16.9. The normalized spacial score (nSPS) is 39.6. The molecular formula is C9H16O5. The third-order valence-electron chi connectivity index (χ3n) is 2.32. The first-order valence-electron chi connectivity index (χ1n) is 5.02. The largest absolute Gasteiger partial charge is 0.374 e. The highest BCUT2D eigenvalue weighted by Gasteiger charge is 2.35. The van der Waals surface area contributed by atoms with Crippen LogP contribution in [0.3, 0.4) is 0 Å². The minimum absolute atomic E-state index is 0.353. The molecule has 0 bridgehead atoms. The molecule has 0 radical (unpaired) electrons. The molecule has 14 heavy (non-hydrogen) atoms. The van der Waals surface area contributed by atoms with Gasteiger partial charge in [0, 0.05) is 6.42 Å². The SMILES string of the molecule is OC1(OC2COCCO2)CCCCO1. The number of hydrogen-bond donors (Lipinski definition) is 1. The summed E-state index contributed by atoms with van der Waals surface area (Å²) in [6, 6.07) is 0. The second kappa shape index (κ2) is 4.55. The lowest BCUT2D eigenvalue weighted by Crippen LogP contribution is -2.45. The van der Waals surface area contributed by atoms with E-state index in [-0.39, 0.29) is 0 Å². The molecule has 2 aliphatic heterocycles. The smallest absolute Gasteiger partial charge is 0.282 e. The molecule has 2 atom stereocenters. The van der Waals surface area contributed by atoms with E-state index in [4.69, 9.17) is 18.9 Å². The summed E-state index contributed by atoms with van der Waals surface area (Å²) in [5.41, 5.74) is 0. The van der Waals surface area contributed by atoms with Gasteiger partial charge in [0.05, 0.1) is 26.4 Å². The van der Waals surface area contributed by atoms with Crippen molar-refractivity contribution in [2.24, 2.45) is 0 Å². The van der Waals surface area contributed by atoms with E-state index in [1.807, 2.05) is 0 Å². The van der Waals surface area contributed by atoms with Gasteiger partial charge in [-0.1, -0.05) is 0 Å². The van der Waals surface area contributed by atoms with Gasteiger partial charge in [-0.05, 0) is 12.8 Å². The number of ether oxygens (including phenoxy) is 4. The first kappa shape index (κ1) is 10.3. The molecule has 2 rings (SSSR count). The van der Waals surface area contributed by atoms with Crippen molar-refractivity contribution in [2.45, 2.75) is 31.5 Å². The third kappa shape index (κ3) is 2.65. The van der Waals surface area contributed by atoms with Crippen LogP contribution in [-0.4, -0.2) is 43.8 Å². The third-order valence-corrected chi connectivity index (χ3v) is 2.32. The van der Waals surface area contributed by atoms with Crippen LogP contribution in [-0.2, 0) is 18.9 Å². The number of rotatable bonds is 2. The van der Waals surface area contributed by atoms with Crippen molar-refractivity contribution in [2.75, 3.05) is 26.4 Å². The predicted octanol–water partition coefficient (Wildman–Crippen LogP) is 0.222. The number of aliphatic hydroxyl groups is 1. The minimum Gasteiger partial charge on any atom is -0.374 e. The molecule has 2 unspecified atom stereocenters. The van der Waals surface area contributed by atoms with E-state index in [1.165, 1.54) is 0 Å². The fraction of sp³-hybridized carbons (Fsp3) is 1.00. The van der Waals surface area contributed by atoms with E-state index in [1.54, 1.807) is 0 Å². The van der Waals surface area contributed by atoms with Crippen LogP contribution in [0.4, 0.5) is 0 Å². The van der Waals surface area contributed by atoms with Crippen molar-refractivity contribution in [1.29, 1.82) is 0 Å². The second-order valence-corrected chi connectivity index (χ2v) is 3.51. The Labute approximate surface area is 82.9 Å². The van der Waals surface area contributed by atoms with Crippen LogP contribution in [0.5, 0.6) is 0 Å². The fourth-order valence-corrected chi connectivity index (χ4v) is 1.59. The van der Waals surface area contributed by atoms with Crippen molar-refractivity contribution in [3.63, 3.8) is 0 Å². The quantitative estimate of drug-likeness (QED) is 0.652. The van der Waals surface area contributed by atoms with Crippen molar-refractivity contribution in [1.82, 2.24) is 0 Å². The van der Waals surface area contributed by atoms with Crippen LogP contribution in [0.2, 0.25) is 0 Å². The molecule has 5 heteroatoms. The Morgan fingerprint density at radius 3 is 2.79 bits per heavy atom. The summed E-state index contributed by atoms with van der Waals surface area (Å²) in [6.45, 7) is 1.97. The summed E-state index contributed by atoms with van der Waals surface area (Å²) < 4.78 is 20.9. The standard InChI is InChI=1S/C9H16O5/c10-9(3-1-2-4-13-9)14-8-7-11-5-6-12-8/h8,10H,1-7H2. The summed E-state index contributed by atoms with van der Waals surface area (Å²) in [4.78, 5) is 0. The van der Waals surface area contributed by atoms with E-state index in [0.29, 0.717) is 32.8 Å². The Kier molecular flexibility index (Phi) is 3.35. The van der Waals surface area contributed by atoms with Gasteiger partial charge < -0.3 is 19.3 Å². The highest BCUT2D eigenvalue weighted by molar-refractivity contribution is 4.63. The second-order valence-electron chi connectivity index (χ2n) is 3.51. The molecule has 1 N–H and O–H groups in total. The molecule has 82 valence electrons. The first-order valence-corrected chi connectivity index (χ1v) is 5.02. The molecule has 0 saturated carbocycles. The molecule has 5 nitrogen and oxygen atoms in total. The van der Waals surface area contributed by atoms with E-state index < -0.39 is 12.3 Å². The topological polar surface area (TPSA) is 57.2 Å².